The highest BCUT2D eigenvalue weighted by molar-refractivity contribution is 5.87. The number of carbonyl (C=O) groups excluding carboxylic acids is 2. The van der Waals surface area contributed by atoms with Crippen molar-refractivity contribution >= 4 is 12.1 Å². The van der Waals surface area contributed by atoms with Gasteiger partial charge in [0, 0.05) is 23.6 Å². The number of hydroxylamine groups is 2. The molecule has 1 aliphatic heterocycles. The van der Waals surface area contributed by atoms with Crippen LogP contribution in [0, 0.1) is 0 Å². The molecule has 0 aromatic heterocycles. The minimum absolute atomic E-state index is 0.0489. The summed E-state index contributed by atoms with van der Waals surface area (Å²) in [5, 5.41) is 2.03. The van der Waals surface area contributed by atoms with Crippen molar-refractivity contribution in [3.05, 3.63) is 48.0 Å². The second-order valence-corrected chi connectivity index (χ2v) is 9.21. The van der Waals surface area contributed by atoms with Gasteiger partial charge in [0.2, 0.25) is 6.29 Å². The smallest absolute Gasteiger partial charge is 0.431 e. The molecule has 2 atom stereocenters. The van der Waals surface area contributed by atoms with Crippen molar-refractivity contribution in [2.24, 2.45) is 0 Å². The molecule has 172 valence electrons. The van der Waals surface area contributed by atoms with E-state index < -0.39 is 24.5 Å². The lowest BCUT2D eigenvalue weighted by atomic mass is 9.82. The Labute approximate surface area is 185 Å². The standard InChI is InChI=1S/C24H35NO6/c1-17(2)21(26)29-18(3)30-22(27)28-16-20(19-12-9-8-10-13-19)31-25-23(4,5)14-11-15-24(25,6)7/h8-10,12-13,18,20H,1,11,14-16H2,2-7H3. The van der Waals surface area contributed by atoms with Gasteiger partial charge in [0.05, 0.1) is 0 Å². The van der Waals surface area contributed by atoms with E-state index in [9.17, 15) is 9.59 Å². The van der Waals surface area contributed by atoms with E-state index in [0.717, 1.165) is 24.8 Å². The van der Waals surface area contributed by atoms with Crippen molar-refractivity contribution in [1.29, 1.82) is 0 Å². The maximum Gasteiger partial charge on any atom is 0.511 e. The van der Waals surface area contributed by atoms with E-state index >= 15 is 0 Å². The molecule has 0 spiro atoms. The number of benzene rings is 1. The molecule has 0 radical (unpaired) electrons. The van der Waals surface area contributed by atoms with E-state index in [2.05, 4.69) is 34.3 Å². The van der Waals surface area contributed by atoms with Gasteiger partial charge in [0.25, 0.3) is 0 Å². The monoisotopic (exact) mass is 433 g/mol. The number of esters is 1. The zero-order valence-electron chi connectivity index (χ0n) is 19.5. The van der Waals surface area contributed by atoms with Crippen molar-refractivity contribution in [3.63, 3.8) is 0 Å². The molecular weight excluding hydrogens is 398 g/mol. The molecule has 1 aromatic carbocycles. The quantitative estimate of drug-likeness (QED) is 0.312. The first-order valence-corrected chi connectivity index (χ1v) is 10.6. The average Bonchev–Trinajstić information content (AvgIpc) is 2.66. The third-order valence-electron chi connectivity index (χ3n) is 5.32. The normalized spacial score (nSPS) is 19.7. The Kier molecular flexibility index (Phi) is 8.26. The second-order valence-electron chi connectivity index (χ2n) is 9.21. The van der Waals surface area contributed by atoms with Gasteiger partial charge < -0.3 is 14.2 Å². The van der Waals surface area contributed by atoms with Gasteiger partial charge in [-0.2, -0.15) is 5.06 Å². The zero-order valence-corrected chi connectivity index (χ0v) is 19.5. The van der Waals surface area contributed by atoms with Gasteiger partial charge in [-0.15, -0.1) is 0 Å². The predicted molar refractivity (Wildman–Crippen MR) is 117 cm³/mol. The summed E-state index contributed by atoms with van der Waals surface area (Å²) in [4.78, 5) is 30.2. The largest absolute Gasteiger partial charge is 0.511 e. The first-order chi connectivity index (χ1) is 14.4. The van der Waals surface area contributed by atoms with Crippen LogP contribution in [0.1, 0.15) is 72.5 Å². The number of ether oxygens (including phenoxy) is 3. The highest BCUT2D eigenvalue weighted by atomic mass is 16.8. The van der Waals surface area contributed by atoms with E-state index in [4.69, 9.17) is 19.0 Å². The highest BCUT2D eigenvalue weighted by Gasteiger charge is 2.44. The first kappa shape index (κ1) is 24.9. The molecule has 1 aliphatic rings. The lowest BCUT2D eigenvalue weighted by Crippen LogP contribution is -2.58. The van der Waals surface area contributed by atoms with E-state index in [0.29, 0.717) is 0 Å². The van der Waals surface area contributed by atoms with Gasteiger partial charge in [-0.25, -0.2) is 9.59 Å². The summed E-state index contributed by atoms with van der Waals surface area (Å²) < 4.78 is 15.3. The number of piperidine rings is 1. The van der Waals surface area contributed by atoms with Crippen LogP contribution in [0.25, 0.3) is 0 Å². The molecule has 1 heterocycles. The second kappa shape index (κ2) is 10.3. The Morgan fingerprint density at radius 2 is 1.65 bits per heavy atom. The molecule has 31 heavy (non-hydrogen) atoms. The molecular formula is C24H35NO6. The molecule has 7 heteroatoms. The Morgan fingerprint density at radius 3 is 2.19 bits per heavy atom. The molecule has 0 aliphatic carbocycles. The van der Waals surface area contributed by atoms with E-state index in [1.165, 1.54) is 13.8 Å². The fourth-order valence-corrected chi connectivity index (χ4v) is 3.83. The summed E-state index contributed by atoms with van der Waals surface area (Å²) in [5.74, 6) is -0.639. The molecule has 2 unspecified atom stereocenters. The van der Waals surface area contributed by atoms with Crippen molar-refractivity contribution in [2.45, 2.75) is 84.3 Å². The SMILES string of the molecule is C=C(C)C(=O)OC(C)OC(=O)OCC(ON1C(C)(C)CCCC1(C)C)c1ccccc1. The lowest BCUT2D eigenvalue weighted by molar-refractivity contribution is -0.311. The van der Waals surface area contributed by atoms with Gasteiger partial charge in [0.1, 0.15) is 12.7 Å². The third kappa shape index (κ3) is 7.08. The van der Waals surface area contributed by atoms with Crippen LogP contribution >= 0.6 is 0 Å². The molecule has 0 amide bonds. The van der Waals surface area contributed by atoms with Crippen molar-refractivity contribution in [2.75, 3.05) is 6.61 Å². The van der Waals surface area contributed by atoms with Crippen molar-refractivity contribution < 1.29 is 28.6 Å². The Hall–Kier alpha value is -2.38. The number of carbonyl (C=O) groups is 2. The van der Waals surface area contributed by atoms with Gasteiger partial charge in [-0.3, -0.25) is 4.84 Å². The van der Waals surface area contributed by atoms with Crippen LogP contribution in [-0.4, -0.2) is 41.2 Å². The summed E-state index contributed by atoms with van der Waals surface area (Å²) in [6.45, 7) is 15.0. The third-order valence-corrected chi connectivity index (χ3v) is 5.32. The first-order valence-electron chi connectivity index (χ1n) is 10.6. The fourth-order valence-electron chi connectivity index (χ4n) is 3.83. The molecule has 1 saturated heterocycles. The summed E-state index contributed by atoms with van der Waals surface area (Å²) in [6.07, 6.45) is 0.591. The van der Waals surface area contributed by atoms with Gasteiger partial charge in [-0.1, -0.05) is 36.9 Å². The van der Waals surface area contributed by atoms with Crippen LogP contribution in [0.5, 0.6) is 0 Å². The van der Waals surface area contributed by atoms with Crippen LogP contribution in [0.2, 0.25) is 0 Å². The predicted octanol–water partition coefficient (Wildman–Crippen LogP) is 5.32. The topological polar surface area (TPSA) is 74.3 Å². The van der Waals surface area contributed by atoms with Crippen molar-refractivity contribution in [1.82, 2.24) is 5.06 Å². The van der Waals surface area contributed by atoms with Gasteiger partial charge in [0.15, 0.2) is 0 Å². The van der Waals surface area contributed by atoms with Crippen LogP contribution < -0.4 is 0 Å². The molecule has 0 N–H and O–H groups in total. The Morgan fingerprint density at radius 1 is 1.06 bits per heavy atom. The lowest BCUT2D eigenvalue weighted by Gasteiger charge is -2.52. The maximum absolute atomic E-state index is 12.2. The molecule has 7 nitrogen and oxygen atoms in total. The Bertz CT molecular complexity index is 758. The molecule has 2 rings (SSSR count). The summed E-state index contributed by atoms with van der Waals surface area (Å²) in [6, 6.07) is 9.61. The zero-order chi connectivity index (χ0) is 23.2. The molecule has 0 bridgehead atoms. The van der Waals surface area contributed by atoms with Crippen LogP contribution in [-0.2, 0) is 23.8 Å². The van der Waals surface area contributed by atoms with Gasteiger partial charge in [-0.05, 0) is 59.4 Å². The van der Waals surface area contributed by atoms with E-state index in [-0.39, 0.29) is 23.3 Å². The Balaban J connectivity index is 2.07. The summed E-state index contributed by atoms with van der Waals surface area (Å²) in [7, 11) is 0. The summed E-state index contributed by atoms with van der Waals surface area (Å²) >= 11 is 0. The number of nitrogens with zero attached hydrogens (tertiary/aromatic N) is 1. The number of rotatable bonds is 8. The fraction of sp³-hybridized carbons (Fsp3) is 0.583. The highest BCUT2D eigenvalue weighted by Crippen LogP contribution is 2.40. The molecule has 0 saturated carbocycles. The number of hydrogen-bond donors (Lipinski definition) is 0. The van der Waals surface area contributed by atoms with Crippen molar-refractivity contribution in [3.8, 4) is 0 Å². The minimum Gasteiger partial charge on any atom is -0.431 e. The summed E-state index contributed by atoms with van der Waals surface area (Å²) in [5.41, 5.74) is 0.767. The van der Waals surface area contributed by atoms with Gasteiger partial charge >= 0.3 is 12.1 Å². The van der Waals surface area contributed by atoms with Crippen LogP contribution in [0.15, 0.2) is 42.5 Å². The number of hydrogen-bond acceptors (Lipinski definition) is 7. The van der Waals surface area contributed by atoms with Crippen LogP contribution in [0.3, 0.4) is 0 Å². The van der Waals surface area contributed by atoms with E-state index in [1.54, 1.807) is 0 Å². The molecule has 1 aromatic rings. The average molecular weight is 434 g/mol. The minimum atomic E-state index is -1.09. The van der Waals surface area contributed by atoms with E-state index in [1.807, 2.05) is 35.4 Å². The van der Waals surface area contributed by atoms with Crippen LogP contribution in [0.4, 0.5) is 4.79 Å². The molecule has 1 fully saturated rings. The maximum atomic E-state index is 12.2.